The molecule has 0 radical (unpaired) electrons. The Morgan fingerprint density at radius 2 is 1.97 bits per heavy atom. The Labute approximate surface area is 176 Å². The number of hydrogen-bond acceptors (Lipinski definition) is 6. The fourth-order valence-corrected chi connectivity index (χ4v) is 4.07. The van der Waals surface area contributed by atoms with Crippen LogP contribution < -0.4 is 15.2 Å². The first-order valence-corrected chi connectivity index (χ1v) is 9.83. The van der Waals surface area contributed by atoms with Crippen molar-refractivity contribution in [1.82, 2.24) is 14.5 Å². The molecule has 154 valence electrons. The van der Waals surface area contributed by atoms with Crippen LogP contribution in [-0.2, 0) is 7.05 Å². The summed E-state index contributed by atoms with van der Waals surface area (Å²) in [7, 11) is 3.29. The predicted octanol–water partition coefficient (Wildman–Crippen LogP) is 4.93. The van der Waals surface area contributed by atoms with Crippen LogP contribution in [0.5, 0.6) is 5.75 Å². The van der Waals surface area contributed by atoms with E-state index in [-0.39, 0.29) is 11.5 Å². The van der Waals surface area contributed by atoms with Crippen molar-refractivity contribution in [3.8, 4) is 16.9 Å². The highest BCUT2D eigenvalue weighted by Crippen LogP contribution is 2.37. The van der Waals surface area contributed by atoms with E-state index in [2.05, 4.69) is 14.7 Å². The average molecular weight is 427 g/mol. The number of aromatic nitrogens is 3. The highest BCUT2D eigenvalue weighted by Gasteiger charge is 2.18. The number of aryl methyl sites for hydroxylation is 2. The first kappa shape index (κ1) is 20.0. The van der Waals surface area contributed by atoms with Crippen molar-refractivity contribution in [2.75, 3.05) is 17.6 Å². The zero-order chi connectivity index (χ0) is 21.4. The van der Waals surface area contributed by atoms with Crippen LogP contribution in [0.4, 0.5) is 20.3 Å². The van der Waals surface area contributed by atoms with Crippen molar-refractivity contribution in [2.24, 2.45) is 7.05 Å². The summed E-state index contributed by atoms with van der Waals surface area (Å²) in [6.07, 6.45) is 3.13. The van der Waals surface area contributed by atoms with Gasteiger partial charge in [0, 0.05) is 30.4 Å². The number of nitrogens with one attached hydrogen (secondary N) is 1. The molecule has 0 saturated carbocycles. The standard InChI is InChI=1S/C21H19F2N5OS/c1-11-7-17(14(22)8-16(11)29-3)30-27-15-6-4-5-12(19(15)23)13-9-28(2)21-18(13)20(24)25-10-26-21/h4-10,27H,1-3H3,(H2,24,25,26). The molecule has 3 N–H and O–H groups in total. The zero-order valence-corrected chi connectivity index (χ0v) is 17.3. The molecule has 30 heavy (non-hydrogen) atoms. The van der Waals surface area contributed by atoms with Gasteiger partial charge in [-0.25, -0.2) is 18.7 Å². The van der Waals surface area contributed by atoms with Gasteiger partial charge in [0.05, 0.1) is 23.1 Å². The Bertz CT molecular complexity index is 1260. The minimum Gasteiger partial charge on any atom is -0.496 e. The Morgan fingerprint density at radius 3 is 2.73 bits per heavy atom. The Kier molecular flexibility index (Phi) is 5.21. The molecule has 4 rings (SSSR count). The zero-order valence-electron chi connectivity index (χ0n) is 16.5. The monoisotopic (exact) mass is 427 g/mol. The van der Waals surface area contributed by atoms with Crippen LogP contribution in [0.3, 0.4) is 0 Å². The van der Waals surface area contributed by atoms with Gasteiger partial charge >= 0.3 is 0 Å². The number of nitrogens with zero attached hydrogens (tertiary/aromatic N) is 3. The van der Waals surface area contributed by atoms with Gasteiger partial charge in [0.1, 0.15) is 29.4 Å². The summed E-state index contributed by atoms with van der Waals surface area (Å²) in [5, 5.41) is 0.584. The molecule has 0 amide bonds. The lowest BCUT2D eigenvalue weighted by atomic mass is 10.0. The van der Waals surface area contributed by atoms with E-state index < -0.39 is 11.6 Å². The van der Waals surface area contributed by atoms with Gasteiger partial charge in [0.15, 0.2) is 5.82 Å². The summed E-state index contributed by atoms with van der Waals surface area (Å²) < 4.78 is 39.5. The molecule has 2 aromatic heterocycles. The molecule has 0 aliphatic rings. The lowest BCUT2D eigenvalue weighted by Gasteiger charge is -2.12. The van der Waals surface area contributed by atoms with Crippen LogP contribution in [0.2, 0.25) is 0 Å². The van der Waals surface area contributed by atoms with Crippen molar-refractivity contribution in [3.05, 3.63) is 60.1 Å². The number of fused-ring (bicyclic) bond motifs is 1. The molecule has 9 heteroatoms. The number of nitrogens with two attached hydrogens (primary N) is 1. The van der Waals surface area contributed by atoms with Gasteiger partial charge < -0.3 is 19.8 Å². The maximum atomic E-state index is 15.3. The topological polar surface area (TPSA) is 78.0 Å². The number of hydrogen-bond donors (Lipinski definition) is 2. The Morgan fingerprint density at radius 1 is 1.17 bits per heavy atom. The molecule has 2 heterocycles. The molecule has 0 unspecified atom stereocenters. The fraction of sp³-hybridized carbons (Fsp3) is 0.143. The summed E-state index contributed by atoms with van der Waals surface area (Å²) in [5.74, 6) is -0.198. The largest absolute Gasteiger partial charge is 0.496 e. The van der Waals surface area contributed by atoms with E-state index in [1.165, 1.54) is 19.5 Å². The molecule has 2 aromatic carbocycles. The molecule has 0 bridgehead atoms. The second kappa shape index (κ2) is 7.83. The van der Waals surface area contributed by atoms with Crippen molar-refractivity contribution < 1.29 is 13.5 Å². The highest BCUT2D eigenvalue weighted by atomic mass is 32.2. The van der Waals surface area contributed by atoms with Crippen LogP contribution in [0.25, 0.3) is 22.2 Å². The Hall–Kier alpha value is -3.33. The minimum absolute atomic E-state index is 0.220. The molecule has 4 aromatic rings. The maximum absolute atomic E-state index is 15.3. The van der Waals surface area contributed by atoms with Crippen LogP contribution in [-0.4, -0.2) is 21.6 Å². The molecule has 0 fully saturated rings. The number of nitrogen functional groups attached to an aromatic ring is 1. The molecule has 0 spiro atoms. The third-order valence-electron chi connectivity index (χ3n) is 4.79. The normalized spacial score (nSPS) is 11.1. The summed E-state index contributed by atoms with van der Waals surface area (Å²) in [6.45, 7) is 1.82. The van der Waals surface area contributed by atoms with E-state index in [1.54, 1.807) is 35.0 Å². The second-order valence-corrected chi connectivity index (χ2v) is 7.58. The van der Waals surface area contributed by atoms with E-state index in [0.717, 1.165) is 17.5 Å². The van der Waals surface area contributed by atoms with Crippen LogP contribution >= 0.6 is 11.9 Å². The number of anilines is 2. The lowest BCUT2D eigenvalue weighted by molar-refractivity contribution is 0.407. The average Bonchev–Trinajstić information content (AvgIpc) is 3.07. The summed E-state index contributed by atoms with van der Waals surface area (Å²) >= 11 is 0.988. The number of halogens is 2. The van der Waals surface area contributed by atoms with Gasteiger partial charge in [0.2, 0.25) is 0 Å². The van der Waals surface area contributed by atoms with E-state index in [1.807, 2.05) is 14.0 Å². The lowest BCUT2D eigenvalue weighted by Crippen LogP contribution is -1.97. The van der Waals surface area contributed by atoms with Gasteiger partial charge in [-0.3, -0.25) is 0 Å². The SMILES string of the molecule is COc1cc(F)c(SNc2cccc(-c3cn(C)c4ncnc(N)c34)c2F)cc1C. The predicted molar refractivity (Wildman–Crippen MR) is 115 cm³/mol. The minimum atomic E-state index is -0.480. The van der Waals surface area contributed by atoms with Crippen molar-refractivity contribution >= 4 is 34.5 Å². The molecule has 0 aliphatic carbocycles. The van der Waals surface area contributed by atoms with Gasteiger partial charge in [-0.2, -0.15) is 0 Å². The van der Waals surface area contributed by atoms with E-state index in [0.29, 0.717) is 32.8 Å². The van der Waals surface area contributed by atoms with E-state index >= 15 is 4.39 Å². The van der Waals surface area contributed by atoms with Gasteiger partial charge in [-0.15, -0.1) is 0 Å². The van der Waals surface area contributed by atoms with Crippen molar-refractivity contribution in [2.45, 2.75) is 11.8 Å². The third-order valence-corrected chi connectivity index (χ3v) is 5.65. The van der Waals surface area contributed by atoms with Crippen molar-refractivity contribution in [3.63, 3.8) is 0 Å². The van der Waals surface area contributed by atoms with E-state index in [9.17, 15) is 4.39 Å². The molecular weight excluding hydrogens is 408 g/mol. The van der Waals surface area contributed by atoms with Gasteiger partial charge in [0.25, 0.3) is 0 Å². The quantitative estimate of drug-likeness (QED) is 0.440. The smallest absolute Gasteiger partial charge is 0.155 e. The first-order valence-electron chi connectivity index (χ1n) is 9.02. The third kappa shape index (κ3) is 3.41. The number of benzene rings is 2. The number of methoxy groups -OCH3 is 1. The first-order chi connectivity index (χ1) is 14.4. The molecule has 0 saturated heterocycles. The van der Waals surface area contributed by atoms with Crippen LogP contribution in [0, 0.1) is 18.6 Å². The molecule has 0 aliphatic heterocycles. The van der Waals surface area contributed by atoms with Gasteiger partial charge in [-0.05, 0) is 36.6 Å². The molecule has 0 atom stereocenters. The van der Waals surface area contributed by atoms with Crippen LogP contribution in [0.1, 0.15) is 5.56 Å². The highest BCUT2D eigenvalue weighted by molar-refractivity contribution is 8.00. The number of ether oxygens (including phenoxy) is 1. The van der Waals surface area contributed by atoms with Crippen molar-refractivity contribution in [1.29, 1.82) is 0 Å². The summed E-state index contributed by atoms with van der Waals surface area (Å²) in [5.41, 5.74) is 8.57. The fourth-order valence-electron chi connectivity index (χ4n) is 3.30. The van der Waals surface area contributed by atoms with E-state index in [4.69, 9.17) is 10.5 Å². The number of rotatable bonds is 5. The van der Waals surface area contributed by atoms with Crippen LogP contribution in [0.15, 0.2) is 47.8 Å². The summed E-state index contributed by atoms with van der Waals surface area (Å²) in [4.78, 5) is 8.59. The molecule has 6 nitrogen and oxygen atoms in total. The molecular formula is C21H19F2N5OS. The maximum Gasteiger partial charge on any atom is 0.155 e. The summed E-state index contributed by atoms with van der Waals surface area (Å²) in [6, 6.07) is 7.92. The van der Waals surface area contributed by atoms with Gasteiger partial charge in [-0.1, -0.05) is 12.1 Å². The Balaban J connectivity index is 1.69. The second-order valence-electron chi connectivity index (χ2n) is 6.73.